The molecule has 0 spiro atoms. The van der Waals surface area contributed by atoms with Crippen LogP contribution in [-0.2, 0) is 9.47 Å². The van der Waals surface area contributed by atoms with Gasteiger partial charge in [-0.2, -0.15) is 11.8 Å². The largest absolute Gasteiger partial charge is 0.379 e. The average Bonchev–Trinajstić information content (AvgIpc) is 3.13. The minimum absolute atomic E-state index is 0. The van der Waals surface area contributed by atoms with E-state index in [2.05, 4.69) is 27.9 Å². The first-order chi connectivity index (χ1) is 12.2. The van der Waals surface area contributed by atoms with E-state index in [1.807, 2.05) is 18.2 Å². The van der Waals surface area contributed by atoms with E-state index in [4.69, 9.17) is 21.1 Å². The van der Waals surface area contributed by atoms with E-state index in [-0.39, 0.29) is 30.1 Å². The molecular formula is C18H29ClIN3O2S. The molecule has 2 atom stereocenters. The Morgan fingerprint density at radius 3 is 2.96 bits per heavy atom. The fraction of sp³-hybridized carbons (Fsp3) is 0.611. The highest BCUT2D eigenvalue weighted by atomic mass is 127. The van der Waals surface area contributed by atoms with Gasteiger partial charge in [-0.15, -0.1) is 24.0 Å². The van der Waals surface area contributed by atoms with Gasteiger partial charge in [-0.1, -0.05) is 23.7 Å². The molecule has 1 aromatic rings. The lowest BCUT2D eigenvalue weighted by Gasteiger charge is -2.18. The minimum atomic E-state index is 0. The first-order valence-electron chi connectivity index (χ1n) is 8.65. The molecular weight excluding hydrogens is 485 g/mol. The molecule has 0 saturated carbocycles. The minimum Gasteiger partial charge on any atom is -0.379 e. The lowest BCUT2D eigenvalue weighted by Crippen LogP contribution is -2.39. The van der Waals surface area contributed by atoms with Gasteiger partial charge in [-0.05, 0) is 36.8 Å². The van der Waals surface area contributed by atoms with Gasteiger partial charge in [0.15, 0.2) is 5.96 Å². The van der Waals surface area contributed by atoms with Gasteiger partial charge in [0, 0.05) is 43.6 Å². The topological polar surface area (TPSA) is 54.9 Å². The van der Waals surface area contributed by atoms with Crippen LogP contribution in [0.3, 0.4) is 0 Å². The molecule has 1 aromatic carbocycles. The van der Waals surface area contributed by atoms with E-state index < -0.39 is 0 Å². The molecule has 0 radical (unpaired) electrons. The van der Waals surface area contributed by atoms with Gasteiger partial charge in [0.05, 0.1) is 12.7 Å². The molecule has 1 aliphatic heterocycles. The van der Waals surface area contributed by atoms with E-state index in [0.29, 0.717) is 5.25 Å². The molecule has 2 unspecified atom stereocenters. The van der Waals surface area contributed by atoms with E-state index in [1.54, 1.807) is 18.8 Å². The Morgan fingerprint density at radius 2 is 2.31 bits per heavy atom. The van der Waals surface area contributed by atoms with Crippen molar-refractivity contribution in [3.63, 3.8) is 0 Å². The third-order valence-electron chi connectivity index (χ3n) is 4.04. The summed E-state index contributed by atoms with van der Waals surface area (Å²) in [7, 11) is 1.79. The van der Waals surface area contributed by atoms with Crippen molar-refractivity contribution in [3.05, 3.63) is 34.9 Å². The Hall–Kier alpha value is -0.220. The molecule has 5 nitrogen and oxygen atoms in total. The van der Waals surface area contributed by atoms with Gasteiger partial charge >= 0.3 is 0 Å². The van der Waals surface area contributed by atoms with E-state index in [1.165, 1.54) is 5.56 Å². The molecule has 26 heavy (non-hydrogen) atoms. The van der Waals surface area contributed by atoms with Crippen molar-refractivity contribution in [1.29, 1.82) is 0 Å². The summed E-state index contributed by atoms with van der Waals surface area (Å²) in [5.41, 5.74) is 1.22. The van der Waals surface area contributed by atoms with Crippen molar-refractivity contribution in [2.75, 3.05) is 46.2 Å². The molecule has 1 fully saturated rings. The van der Waals surface area contributed by atoms with Gasteiger partial charge in [0.2, 0.25) is 0 Å². The second kappa shape index (κ2) is 13.9. The fourth-order valence-corrected chi connectivity index (χ4v) is 3.49. The van der Waals surface area contributed by atoms with Crippen molar-refractivity contribution >= 4 is 53.3 Å². The zero-order valence-electron chi connectivity index (χ0n) is 15.4. The molecule has 1 saturated heterocycles. The summed E-state index contributed by atoms with van der Waals surface area (Å²) in [6.45, 7) is 3.92. The second-order valence-electron chi connectivity index (χ2n) is 5.87. The number of guanidine groups is 1. The molecule has 0 aromatic heterocycles. The number of nitrogens with zero attached hydrogens (tertiary/aromatic N) is 1. The van der Waals surface area contributed by atoms with Gasteiger partial charge in [-0.3, -0.25) is 4.99 Å². The summed E-state index contributed by atoms with van der Waals surface area (Å²) in [4.78, 5) is 4.28. The van der Waals surface area contributed by atoms with E-state index in [9.17, 15) is 0 Å². The lowest BCUT2D eigenvalue weighted by atomic mass is 10.1. The number of hydrogen-bond acceptors (Lipinski definition) is 4. The van der Waals surface area contributed by atoms with Gasteiger partial charge < -0.3 is 20.1 Å². The van der Waals surface area contributed by atoms with Crippen LogP contribution in [0.2, 0.25) is 5.02 Å². The maximum atomic E-state index is 6.10. The van der Waals surface area contributed by atoms with Crippen LogP contribution < -0.4 is 10.6 Å². The summed E-state index contributed by atoms with van der Waals surface area (Å²) in [5, 5.41) is 7.81. The smallest absolute Gasteiger partial charge is 0.191 e. The van der Waals surface area contributed by atoms with Gasteiger partial charge in [-0.25, -0.2) is 0 Å². The Kier molecular flexibility index (Phi) is 12.7. The summed E-state index contributed by atoms with van der Waals surface area (Å²) >= 11 is 7.89. The van der Waals surface area contributed by atoms with Crippen LogP contribution in [0.1, 0.15) is 23.7 Å². The molecule has 8 heteroatoms. The Balaban J connectivity index is 0.00000338. The van der Waals surface area contributed by atoms with Crippen LogP contribution in [0.5, 0.6) is 0 Å². The van der Waals surface area contributed by atoms with Crippen LogP contribution in [0.15, 0.2) is 29.3 Å². The van der Waals surface area contributed by atoms with Gasteiger partial charge in [0.25, 0.3) is 0 Å². The Bertz CT molecular complexity index is 545. The normalized spacial score (nSPS) is 18.3. The number of rotatable bonds is 9. The fourth-order valence-electron chi connectivity index (χ4n) is 2.63. The number of aliphatic imine (C=N–C) groups is 1. The monoisotopic (exact) mass is 513 g/mol. The van der Waals surface area contributed by atoms with Crippen LogP contribution in [0.4, 0.5) is 0 Å². The molecule has 0 amide bonds. The van der Waals surface area contributed by atoms with E-state index in [0.717, 1.165) is 56.7 Å². The van der Waals surface area contributed by atoms with Crippen molar-refractivity contribution in [2.45, 2.75) is 24.2 Å². The number of ether oxygens (including phenoxy) is 2. The number of nitrogens with one attached hydrogen (secondary N) is 2. The predicted octanol–water partition coefficient (Wildman–Crippen LogP) is 3.72. The average molecular weight is 514 g/mol. The third kappa shape index (κ3) is 8.65. The number of hydrogen-bond donors (Lipinski definition) is 2. The highest BCUT2D eigenvalue weighted by molar-refractivity contribution is 14.0. The molecule has 2 rings (SSSR count). The van der Waals surface area contributed by atoms with Crippen LogP contribution in [0, 0.1) is 0 Å². The summed E-state index contributed by atoms with van der Waals surface area (Å²) < 4.78 is 11.1. The van der Waals surface area contributed by atoms with Crippen molar-refractivity contribution in [1.82, 2.24) is 10.6 Å². The predicted molar refractivity (Wildman–Crippen MR) is 122 cm³/mol. The quantitative estimate of drug-likeness (QED) is 0.228. The number of halogens is 2. The Labute approximate surface area is 183 Å². The highest BCUT2D eigenvalue weighted by Crippen LogP contribution is 2.27. The maximum absolute atomic E-state index is 6.10. The molecule has 2 N–H and O–H groups in total. The van der Waals surface area contributed by atoms with Crippen LogP contribution in [0.25, 0.3) is 0 Å². The van der Waals surface area contributed by atoms with Crippen LogP contribution in [-0.4, -0.2) is 58.3 Å². The second-order valence-corrected chi connectivity index (χ2v) is 7.35. The summed E-state index contributed by atoms with van der Waals surface area (Å²) in [6, 6.07) is 8.01. The first-order valence-corrected chi connectivity index (χ1v) is 10.3. The first kappa shape index (κ1) is 23.8. The standard InChI is InChI=1S/C18H28ClN3O2S.HI/c1-20-18(21-8-4-9-24-16-7-10-23-13-16)22-12-17(25-2)14-5-3-6-15(19)11-14;/h3,5-6,11,16-17H,4,7-10,12-13H2,1-2H3,(H2,20,21,22);1H. The zero-order valence-corrected chi connectivity index (χ0v) is 19.3. The summed E-state index contributed by atoms with van der Waals surface area (Å²) in [6.07, 6.45) is 4.33. The molecule has 0 aliphatic carbocycles. The lowest BCUT2D eigenvalue weighted by molar-refractivity contribution is 0.0420. The zero-order chi connectivity index (χ0) is 17.9. The molecule has 0 bridgehead atoms. The molecule has 1 aliphatic rings. The van der Waals surface area contributed by atoms with Crippen LogP contribution >= 0.6 is 47.3 Å². The van der Waals surface area contributed by atoms with Crippen molar-refractivity contribution in [2.24, 2.45) is 4.99 Å². The summed E-state index contributed by atoms with van der Waals surface area (Å²) in [5.74, 6) is 0.810. The van der Waals surface area contributed by atoms with E-state index >= 15 is 0 Å². The SMILES string of the molecule is CN=C(NCCCOC1CCOC1)NCC(SC)c1cccc(Cl)c1.I. The number of benzene rings is 1. The van der Waals surface area contributed by atoms with Crippen molar-refractivity contribution in [3.8, 4) is 0 Å². The molecule has 1 heterocycles. The Morgan fingerprint density at radius 1 is 1.46 bits per heavy atom. The van der Waals surface area contributed by atoms with Gasteiger partial charge in [0.1, 0.15) is 0 Å². The third-order valence-corrected chi connectivity index (χ3v) is 5.28. The number of thioether (sulfide) groups is 1. The highest BCUT2D eigenvalue weighted by Gasteiger charge is 2.15. The van der Waals surface area contributed by atoms with Crippen molar-refractivity contribution < 1.29 is 9.47 Å². The maximum Gasteiger partial charge on any atom is 0.191 e. The molecule has 148 valence electrons.